The van der Waals surface area contributed by atoms with E-state index in [9.17, 15) is 35.5 Å². The molecule has 0 spiro atoms. The molecule has 4 aromatic carbocycles. The molecule has 0 bridgehead atoms. The Hall–Kier alpha value is -5.94. The summed E-state index contributed by atoms with van der Waals surface area (Å²) in [6, 6.07) is 24.9. The van der Waals surface area contributed by atoms with Gasteiger partial charge < -0.3 is 9.47 Å². The first kappa shape index (κ1) is 58.6. The highest BCUT2D eigenvalue weighted by Gasteiger charge is 2.38. The van der Waals surface area contributed by atoms with Crippen LogP contribution in [0.2, 0.25) is 0 Å². The van der Waals surface area contributed by atoms with E-state index in [-0.39, 0.29) is 34.8 Å². The van der Waals surface area contributed by atoms with Gasteiger partial charge in [-0.1, -0.05) is 146 Å². The summed E-state index contributed by atoms with van der Waals surface area (Å²) in [7, 11) is -8.77. The maximum Gasteiger partial charge on any atom is 0.294 e. The quantitative estimate of drug-likeness (QED) is 0.0584. The summed E-state index contributed by atoms with van der Waals surface area (Å²) in [6.45, 7) is 25.7. The summed E-state index contributed by atoms with van der Waals surface area (Å²) in [5.41, 5.74) is 3.12. The van der Waals surface area contributed by atoms with Gasteiger partial charge in [0.05, 0.1) is 43.7 Å². The third-order valence-electron chi connectivity index (χ3n) is 12.4. The third-order valence-corrected chi connectivity index (χ3v) is 14.1. The molecule has 2 aliphatic heterocycles. The van der Waals surface area contributed by atoms with Crippen molar-refractivity contribution in [3.63, 3.8) is 0 Å². The minimum Gasteiger partial charge on any atom is -0.490 e. The van der Waals surface area contributed by atoms with E-state index in [1.54, 1.807) is 36.4 Å². The first-order chi connectivity index (χ1) is 33.8. The van der Waals surface area contributed by atoms with E-state index in [1.165, 1.54) is 97.1 Å². The average Bonchev–Trinajstić information content (AvgIpc) is 3.85. The van der Waals surface area contributed by atoms with E-state index in [4.69, 9.17) is 9.47 Å². The lowest BCUT2D eigenvalue weighted by Gasteiger charge is -2.18. The third kappa shape index (κ3) is 16.3. The van der Waals surface area contributed by atoms with Gasteiger partial charge in [0.2, 0.25) is 0 Å². The molecule has 2 amide bonds. The second-order valence-corrected chi connectivity index (χ2v) is 22.5. The molecular weight excluding hydrogens is 953 g/mol. The van der Waals surface area contributed by atoms with Crippen LogP contribution in [0.15, 0.2) is 128 Å². The van der Waals surface area contributed by atoms with Crippen LogP contribution < -0.4 is 19.5 Å². The van der Waals surface area contributed by atoms with E-state index >= 15 is 0 Å². The highest BCUT2D eigenvalue weighted by atomic mass is 32.2. The minimum atomic E-state index is -4.39. The van der Waals surface area contributed by atoms with Gasteiger partial charge in [-0.3, -0.25) is 18.7 Å². The molecule has 0 aromatic heterocycles. The number of carbonyl (C=O) groups excluding carboxylic acids is 2. The molecule has 0 radical (unpaired) electrons. The summed E-state index contributed by atoms with van der Waals surface area (Å²) in [5, 5.41) is 11.6. The number of carbonyl (C=O) groups is 2. The van der Waals surface area contributed by atoms with Crippen LogP contribution in [0.4, 0.5) is 11.4 Å². The van der Waals surface area contributed by atoms with Crippen LogP contribution in [0.5, 0.6) is 11.5 Å². The normalized spacial score (nSPS) is 15.4. The van der Waals surface area contributed by atoms with E-state index < -0.39 is 31.1 Å². The molecule has 0 fully saturated rings. The zero-order valence-electron chi connectivity index (χ0n) is 44.0. The maximum atomic E-state index is 13.6. The van der Waals surface area contributed by atoms with Crippen LogP contribution in [-0.2, 0) is 29.8 Å². The molecule has 72 heavy (non-hydrogen) atoms. The van der Waals surface area contributed by atoms with E-state index in [0.29, 0.717) is 45.4 Å². The lowest BCUT2D eigenvalue weighted by molar-refractivity contribution is -0.115. The van der Waals surface area contributed by atoms with Gasteiger partial charge in [0.1, 0.15) is 24.7 Å². The molecule has 0 saturated carbocycles. The summed E-state index contributed by atoms with van der Waals surface area (Å²) < 4.78 is 76.3. The molecule has 0 saturated heterocycles. The first-order valence-corrected chi connectivity index (χ1v) is 27.6. The number of hydrazone groups is 2. The van der Waals surface area contributed by atoms with Crippen molar-refractivity contribution < 1.29 is 45.0 Å². The smallest absolute Gasteiger partial charge is 0.294 e. The second kappa shape index (κ2) is 25.6. The largest absolute Gasteiger partial charge is 0.490 e. The van der Waals surface area contributed by atoms with Gasteiger partial charge in [-0.2, -0.15) is 37.1 Å². The van der Waals surface area contributed by atoms with Crippen molar-refractivity contribution in [2.45, 2.75) is 131 Å². The zero-order valence-corrected chi connectivity index (χ0v) is 45.6. The molecule has 0 atom stereocenters. The van der Waals surface area contributed by atoms with Crippen molar-refractivity contribution in [3.05, 3.63) is 119 Å². The number of ether oxygens (including phenoxy) is 2. The van der Waals surface area contributed by atoms with Gasteiger partial charge in [-0.25, -0.2) is 0 Å². The van der Waals surface area contributed by atoms with Crippen molar-refractivity contribution >= 4 is 67.0 Å². The molecule has 2 aliphatic rings. The maximum absolute atomic E-state index is 13.6. The Kier molecular flexibility index (Phi) is 20.9. The predicted octanol–water partition coefficient (Wildman–Crippen LogP) is 13.0. The Morgan fingerprint density at radius 2 is 0.764 bits per heavy atom. The molecule has 6 rings (SSSR count). The Balaban J connectivity index is 0.000000703. The van der Waals surface area contributed by atoms with Gasteiger partial charge in [0, 0.05) is 10.8 Å². The topological polar surface area (TPSA) is 193 Å². The number of nitrogens with zero attached hydrogens (tertiary/aromatic N) is 4. The number of hydrogen-bond acceptors (Lipinski definition) is 10. The Labute approximate surface area is 428 Å². The van der Waals surface area contributed by atoms with E-state index in [0.717, 1.165) is 23.0 Å². The lowest BCUT2D eigenvalue weighted by atomic mass is 9.85. The Morgan fingerprint density at radius 1 is 0.486 bits per heavy atom. The van der Waals surface area contributed by atoms with Crippen LogP contribution in [-0.4, -0.2) is 62.4 Å². The van der Waals surface area contributed by atoms with Crippen molar-refractivity contribution in [3.8, 4) is 11.5 Å². The SMILES string of the molecule is CC(C)(C)C1=NN(c2ccc(S(=O)(=O)O)cc2)C(=O)C1=Cc1ccc(OCCOc2ccc(C=C3C(=O)N(c4ccc(S(=O)(=O)O)cc4)N=C3C(C)(C)C)cc2)cc1.CCC(CC)CC.CCC(CC)CC. The molecule has 2 N–H and O–H groups in total. The Morgan fingerprint density at radius 3 is 0.986 bits per heavy atom. The predicted molar refractivity (Wildman–Crippen MR) is 290 cm³/mol. The van der Waals surface area contributed by atoms with Crippen LogP contribution >= 0.6 is 0 Å². The van der Waals surface area contributed by atoms with E-state index in [1.807, 2.05) is 65.8 Å². The highest BCUT2D eigenvalue weighted by Crippen LogP contribution is 2.35. The number of anilines is 2. The van der Waals surface area contributed by atoms with Crippen molar-refractivity contribution in [1.82, 2.24) is 0 Å². The van der Waals surface area contributed by atoms with Crippen molar-refractivity contribution in [1.29, 1.82) is 0 Å². The molecule has 2 heterocycles. The first-order valence-electron chi connectivity index (χ1n) is 24.7. The number of rotatable bonds is 17. The van der Waals surface area contributed by atoms with E-state index in [2.05, 4.69) is 51.7 Å². The fraction of sp³-hybridized carbons (Fsp3) is 0.429. The number of benzene rings is 4. The van der Waals surface area contributed by atoms with Gasteiger partial charge in [0.15, 0.2) is 0 Å². The van der Waals surface area contributed by atoms with Crippen LogP contribution in [0.3, 0.4) is 0 Å². The standard InChI is InChI=1S/C42H42N4O10S2.2C7H16/c1-41(2,3)37-35(39(47)45(43-37)29-11-19-33(20-12-29)57(49,50)51)25-27-7-15-31(16-8-27)55-23-24-56-32-17-9-28(10-18-32)26-36-38(42(4,5)6)44-46(40(36)48)30-13-21-34(22-14-30)58(52,53)54;2*1-4-7(5-2)6-3/h7-22,25-26H,23-24H2,1-6H3,(H,49,50,51)(H,52,53,54);2*7H,4-6H2,1-3H3. The second-order valence-electron chi connectivity index (χ2n) is 19.7. The number of amides is 2. The molecule has 0 aliphatic carbocycles. The fourth-order valence-electron chi connectivity index (χ4n) is 7.77. The highest BCUT2D eigenvalue weighted by molar-refractivity contribution is 7.86. The number of hydrogen-bond donors (Lipinski definition) is 2. The molecule has 4 aromatic rings. The molecular formula is C56H74N4O10S2. The molecule has 14 nitrogen and oxygen atoms in total. The van der Waals surface area contributed by atoms with Crippen molar-refractivity contribution in [2.75, 3.05) is 23.2 Å². The molecule has 390 valence electrons. The van der Waals surface area contributed by atoms with Gasteiger partial charge in [-0.05, 0) is 108 Å². The molecule has 0 unspecified atom stereocenters. The van der Waals surface area contributed by atoms with Gasteiger partial charge in [0.25, 0.3) is 32.1 Å². The van der Waals surface area contributed by atoms with Gasteiger partial charge in [-0.15, -0.1) is 0 Å². The van der Waals surface area contributed by atoms with Crippen molar-refractivity contribution in [2.24, 2.45) is 32.9 Å². The molecule has 16 heteroatoms. The van der Waals surface area contributed by atoms with Crippen LogP contribution in [0.25, 0.3) is 12.2 Å². The summed E-state index contributed by atoms with van der Waals surface area (Å²) in [5.74, 6) is 2.41. The lowest BCUT2D eigenvalue weighted by Crippen LogP contribution is -2.24. The zero-order chi connectivity index (χ0) is 53.6. The summed E-state index contributed by atoms with van der Waals surface area (Å²) in [4.78, 5) is 26.5. The van der Waals surface area contributed by atoms with Crippen LogP contribution in [0, 0.1) is 22.7 Å². The average molecular weight is 1030 g/mol. The van der Waals surface area contributed by atoms with Crippen LogP contribution in [0.1, 0.15) is 133 Å². The monoisotopic (exact) mass is 1030 g/mol. The van der Waals surface area contributed by atoms with Gasteiger partial charge >= 0.3 is 0 Å². The minimum absolute atomic E-state index is 0.248. The fourth-order valence-corrected chi connectivity index (χ4v) is 8.73. The Bertz CT molecular complexity index is 2590. The summed E-state index contributed by atoms with van der Waals surface area (Å²) in [6.07, 6.45) is 11.6. The summed E-state index contributed by atoms with van der Waals surface area (Å²) >= 11 is 0.